The van der Waals surface area contributed by atoms with Gasteiger partial charge in [-0.2, -0.15) is 0 Å². The zero-order valence-electron chi connectivity index (χ0n) is 12.5. The molecule has 0 spiro atoms. The van der Waals surface area contributed by atoms with Crippen LogP contribution in [0.5, 0.6) is 0 Å². The van der Waals surface area contributed by atoms with Crippen LogP contribution in [0, 0.1) is 5.92 Å². The van der Waals surface area contributed by atoms with E-state index in [9.17, 15) is 9.90 Å². The third-order valence-corrected chi connectivity index (χ3v) is 4.42. The highest BCUT2D eigenvalue weighted by molar-refractivity contribution is 5.96. The Labute approximate surface area is 121 Å². The summed E-state index contributed by atoms with van der Waals surface area (Å²) in [5.74, 6) is 0.503. The number of hydrogen-bond donors (Lipinski definition) is 2. The summed E-state index contributed by atoms with van der Waals surface area (Å²) in [5.41, 5.74) is 1.36. The first kappa shape index (κ1) is 15.0. The lowest BCUT2D eigenvalue weighted by Gasteiger charge is -2.39. The molecule has 2 N–H and O–H groups in total. The van der Waals surface area contributed by atoms with Crippen LogP contribution >= 0.6 is 0 Å². The Morgan fingerprint density at radius 2 is 2.20 bits per heavy atom. The minimum absolute atomic E-state index is 0.0252. The van der Waals surface area contributed by atoms with E-state index in [1.54, 1.807) is 0 Å². The fourth-order valence-electron chi connectivity index (χ4n) is 3.32. The second-order valence-corrected chi connectivity index (χ2v) is 6.10. The summed E-state index contributed by atoms with van der Waals surface area (Å²) in [7, 11) is 0. The van der Waals surface area contributed by atoms with Gasteiger partial charge in [-0.1, -0.05) is 44.9 Å². The van der Waals surface area contributed by atoms with E-state index < -0.39 is 5.54 Å². The maximum atomic E-state index is 12.5. The summed E-state index contributed by atoms with van der Waals surface area (Å²) in [6.07, 6.45) is 4.82. The molecule has 1 aromatic carbocycles. The normalized spacial score (nSPS) is 26.2. The molecule has 0 heterocycles. The molecular formula is C17H25NO2. The number of amides is 1. The third-order valence-electron chi connectivity index (χ3n) is 4.42. The van der Waals surface area contributed by atoms with Gasteiger partial charge in [-0.25, -0.2) is 0 Å². The Hall–Kier alpha value is -1.35. The number of carbonyl (C=O) groups is 1. The monoisotopic (exact) mass is 275 g/mol. The van der Waals surface area contributed by atoms with Crippen LogP contribution in [0.4, 0.5) is 0 Å². The summed E-state index contributed by atoms with van der Waals surface area (Å²) in [4.78, 5) is 12.5. The summed E-state index contributed by atoms with van der Waals surface area (Å²) < 4.78 is 0. The Kier molecular flexibility index (Phi) is 4.81. The minimum atomic E-state index is -0.435. The van der Waals surface area contributed by atoms with Gasteiger partial charge in [-0.3, -0.25) is 4.79 Å². The highest BCUT2D eigenvalue weighted by atomic mass is 16.3. The molecule has 1 saturated carbocycles. The van der Waals surface area contributed by atoms with E-state index in [0.29, 0.717) is 5.92 Å². The van der Waals surface area contributed by atoms with Gasteiger partial charge in [0, 0.05) is 5.56 Å². The molecule has 2 unspecified atom stereocenters. The molecule has 2 atom stereocenters. The summed E-state index contributed by atoms with van der Waals surface area (Å²) in [6, 6.07) is 7.71. The first-order chi connectivity index (χ1) is 9.60. The average molecular weight is 275 g/mol. The quantitative estimate of drug-likeness (QED) is 0.887. The maximum absolute atomic E-state index is 12.5. The largest absolute Gasteiger partial charge is 0.394 e. The van der Waals surface area contributed by atoms with Crippen LogP contribution in [-0.4, -0.2) is 23.2 Å². The first-order valence-corrected chi connectivity index (χ1v) is 7.61. The number of carbonyl (C=O) groups excluding carboxylic acids is 1. The lowest BCUT2D eigenvalue weighted by molar-refractivity contribution is 0.0696. The Bertz CT molecular complexity index is 472. The van der Waals surface area contributed by atoms with Gasteiger partial charge < -0.3 is 10.4 Å². The number of rotatable bonds is 4. The number of hydrogen-bond acceptors (Lipinski definition) is 2. The average Bonchev–Trinajstić information content (AvgIpc) is 2.47. The summed E-state index contributed by atoms with van der Waals surface area (Å²) >= 11 is 0. The van der Waals surface area contributed by atoms with Gasteiger partial charge in [-0.15, -0.1) is 0 Å². The molecule has 110 valence electrons. The second kappa shape index (κ2) is 6.40. The van der Waals surface area contributed by atoms with Crippen molar-refractivity contribution in [3.63, 3.8) is 0 Å². The van der Waals surface area contributed by atoms with Crippen LogP contribution < -0.4 is 5.32 Å². The fraction of sp³-hybridized carbons (Fsp3) is 0.588. The molecule has 0 bridgehead atoms. The van der Waals surface area contributed by atoms with E-state index in [-0.39, 0.29) is 12.5 Å². The maximum Gasteiger partial charge on any atom is 0.252 e. The van der Waals surface area contributed by atoms with E-state index in [1.165, 1.54) is 6.42 Å². The van der Waals surface area contributed by atoms with Gasteiger partial charge in [0.05, 0.1) is 12.1 Å². The predicted octanol–water partition coefficient (Wildman–Crippen LogP) is 2.92. The molecule has 1 aliphatic rings. The molecule has 0 aliphatic heterocycles. The molecule has 2 rings (SSSR count). The molecule has 3 nitrogen and oxygen atoms in total. The van der Waals surface area contributed by atoms with Gasteiger partial charge in [-0.05, 0) is 36.8 Å². The molecule has 1 fully saturated rings. The Morgan fingerprint density at radius 3 is 2.85 bits per heavy atom. The second-order valence-electron chi connectivity index (χ2n) is 6.10. The third kappa shape index (κ3) is 3.21. The van der Waals surface area contributed by atoms with Crippen LogP contribution in [0.25, 0.3) is 0 Å². The SMILES string of the molecule is CCc1ccccc1C(=O)NC1(CO)CCCC(C)C1. The standard InChI is InChI=1S/C17H25NO2/c1-3-14-8-4-5-9-15(14)16(20)18-17(12-19)10-6-7-13(2)11-17/h4-5,8-9,13,19H,3,6-7,10-12H2,1-2H3,(H,18,20). The lowest BCUT2D eigenvalue weighted by atomic mass is 9.76. The molecular weight excluding hydrogens is 250 g/mol. The Balaban J connectivity index is 2.17. The van der Waals surface area contributed by atoms with Gasteiger partial charge >= 0.3 is 0 Å². The van der Waals surface area contributed by atoms with Gasteiger partial charge in [0.1, 0.15) is 0 Å². The van der Waals surface area contributed by atoms with Crippen LogP contribution in [0.15, 0.2) is 24.3 Å². The predicted molar refractivity (Wildman–Crippen MR) is 80.7 cm³/mol. The van der Waals surface area contributed by atoms with Crippen molar-refractivity contribution < 1.29 is 9.90 Å². The van der Waals surface area contributed by atoms with E-state index in [1.807, 2.05) is 24.3 Å². The number of aryl methyl sites for hydroxylation is 1. The summed E-state index contributed by atoms with van der Waals surface area (Å²) in [5, 5.41) is 12.9. The topological polar surface area (TPSA) is 49.3 Å². The van der Waals surface area contributed by atoms with E-state index in [0.717, 1.165) is 36.8 Å². The molecule has 3 heteroatoms. The number of nitrogens with one attached hydrogen (secondary N) is 1. The van der Waals surface area contributed by atoms with Crippen molar-refractivity contribution >= 4 is 5.91 Å². The van der Waals surface area contributed by atoms with Gasteiger partial charge in [0.2, 0.25) is 0 Å². The van der Waals surface area contributed by atoms with Crippen LogP contribution in [0.2, 0.25) is 0 Å². The number of aliphatic hydroxyl groups excluding tert-OH is 1. The van der Waals surface area contributed by atoms with Crippen LogP contribution in [0.1, 0.15) is 55.5 Å². The van der Waals surface area contributed by atoms with Crippen molar-refractivity contribution in [3.8, 4) is 0 Å². The van der Waals surface area contributed by atoms with Crippen molar-refractivity contribution in [2.24, 2.45) is 5.92 Å². The zero-order valence-corrected chi connectivity index (χ0v) is 12.5. The molecule has 0 aromatic heterocycles. The smallest absolute Gasteiger partial charge is 0.252 e. The lowest BCUT2D eigenvalue weighted by Crippen LogP contribution is -2.54. The minimum Gasteiger partial charge on any atom is -0.394 e. The molecule has 1 aliphatic carbocycles. The van der Waals surface area contributed by atoms with Crippen molar-refractivity contribution in [1.29, 1.82) is 0 Å². The highest BCUT2D eigenvalue weighted by Gasteiger charge is 2.36. The molecule has 0 saturated heterocycles. The molecule has 1 amide bonds. The van der Waals surface area contributed by atoms with Crippen molar-refractivity contribution in [2.45, 2.75) is 51.5 Å². The van der Waals surface area contributed by atoms with Crippen molar-refractivity contribution in [1.82, 2.24) is 5.32 Å². The van der Waals surface area contributed by atoms with Crippen LogP contribution in [-0.2, 0) is 6.42 Å². The number of aliphatic hydroxyl groups is 1. The van der Waals surface area contributed by atoms with E-state index >= 15 is 0 Å². The molecule has 1 aromatic rings. The molecule has 20 heavy (non-hydrogen) atoms. The van der Waals surface area contributed by atoms with E-state index in [2.05, 4.69) is 19.2 Å². The van der Waals surface area contributed by atoms with Gasteiger partial charge in [0.15, 0.2) is 0 Å². The molecule has 0 radical (unpaired) electrons. The van der Waals surface area contributed by atoms with Gasteiger partial charge in [0.25, 0.3) is 5.91 Å². The first-order valence-electron chi connectivity index (χ1n) is 7.61. The van der Waals surface area contributed by atoms with Crippen LogP contribution in [0.3, 0.4) is 0 Å². The fourth-order valence-corrected chi connectivity index (χ4v) is 3.32. The number of benzene rings is 1. The Morgan fingerprint density at radius 1 is 1.45 bits per heavy atom. The van der Waals surface area contributed by atoms with Crippen molar-refractivity contribution in [3.05, 3.63) is 35.4 Å². The summed E-state index contributed by atoms with van der Waals surface area (Å²) in [6.45, 7) is 4.27. The van der Waals surface area contributed by atoms with Crippen molar-refractivity contribution in [2.75, 3.05) is 6.61 Å². The highest BCUT2D eigenvalue weighted by Crippen LogP contribution is 2.32. The zero-order chi connectivity index (χ0) is 14.6. The van der Waals surface area contributed by atoms with E-state index in [4.69, 9.17) is 0 Å².